The molecule has 0 aromatic carbocycles. The average Bonchev–Trinajstić information content (AvgIpc) is 2.17. The molecule has 1 aliphatic rings. The first-order valence-electron chi connectivity index (χ1n) is 3.03. The predicted molar refractivity (Wildman–Crippen MR) is 35.2 cm³/mol. The number of nitrogens with one attached hydrogen (secondary N) is 1. The van der Waals surface area contributed by atoms with E-state index < -0.39 is 0 Å². The Morgan fingerprint density at radius 2 is 2.62 bits per heavy atom. The first-order valence-corrected chi connectivity index (χ1v) is 3.03. The summed E-state index contributed by atoms with van der Waals surface area (Å²) < 4.78 is 0. The van der Waals surface area contributed by atoms with E-state index in [2.05, 4.69) is 24.2 Å². The summed E-state index contributed by atoms with van der Waals surface area (Å²) in [6, 6.07) is 0. The van der Waals surface area contributed by atoms with Gasteiger partial charge in [-0.2, -0.15) is 0 Å². The van der Waals surface area contributed by atoms with Crippen molar-refractivity contribution < 1.29 is 0 Å². The van der Waals surface area contributed by atoms with Crippen LogP contribution in [-0.2, 0) is 0 Å². The maximum atomic E-state index is 4.07. The van der Waals surface area contributed by atoms with Crippen molar-refractivity contribution >= 4 is 6.34 Å². The van der Waals surface area contributed by atoms with Crippen LogP contribution in [0.4, 0.5) is 0 Å². The van der Waals surface area contributed by atoms with Crippen LogP contribution in [0.5, 0.6) is 0 Å². The molecule has 2 heteroatoms. The lowest BCUT2D eigenvalue weighted by molar-refractivity contribution is 0.443. The van der Waals surface area contributed by atoms with E-state index >= 15 is 0 Å². The summed E-state index contributed by atoms with van der Waals surface area (Å²) in [7, 11) is 0. The topological polar surface area (TPSA) is 24.4 Å². The fraction of sp³-hybridized carbons (Fsp3) is 0.833. The van der Waals surface area contributed by atoms with Gasteiger partial charge in [0.1, 0.15) is 0 Å². The molecule has 0 saturated carbocycles. The average molecular weight is 112 g/mol. The normalized spacial score (nSPS) is 35.2. The largest absolute Gasteiger partial charge is 0.369 e. The van der Waals surface area contributed by atoms with Gasteiger partial charge in [-0.15, -0.1) is 0 Å². The van der Waals surface area contributed by atoms with Crippen LogP contribution in [0.25, 0.3) is 0 Å². The molecule has 2 nitrogen and oxygen atoms in total. The molecule has 1 atom stereocenters. The molecule has 1 rings (SSSR count). The van der Waals surface area contributed by atoms with Gasteiger partial charge >= 0.3 is 0 Å². The van der Waals surface area contributed by atoms with Gasteiger partial charge in [-0.1, -0.05) is 6.92 Å². The molecule has 1 N–H and O–H groups in total. The molecule has 0 aromatic rings. The van der Waals surface area contributed by atoms with E-state index in [9.17, 15) is 0 Å². The molecule has 0 amide bonds. The molecule has 0 aromatic heterocycles. The van der Waals surface area contributed by atoms with Gasteiger partial charge in [0.2, 0.25) is 0 Å². The van der Waals surface area contributed by atoms with Crippen molar-refractivity contribution in [2.24, 2.45) is 4.99 Å². The van der Waals surface area contributed by atoms with Gasteiger partial charge in [-0.25, -0.2) is 0 Å². The summed E-state index contributed by atoms with van der Waals surface area (Å²) in [5, 5.41) is 3.19. The van der Waals surface area contributed by atoms with Crippen molar-refractivity contribution in [3.05, 3.63) is 0 Å². The second-order valence-corrected chi connectivity index (χ2v) is 2.53. The van der Waals surface area contributed by atoms with Crippen molar-refractivity contribution in [2.75, 3.05) is 6.54 Å². The molecule has 46 valence electrons. The molecule has 0 aliphatic carbocycles. The summed E-state index contributed by atoms with van der Waals surface area (Å²) in [5.41, 5.74) is 0.264. The van der Waals surface area contributed by atoms with Gasteiger partial charge in [-0.3, -0.25) is 4.99 Å². The predicted octanol–water partition coefficient (Wildman–Crippen LogP) is 0.787. The van der Waals surface area contributed by atoms with E-state index in [-0.39, 0.29) is 5.54 Å². The van der Waals surface area contributed by atoms with Gasteiger partial charge in [0, 0.05) is 0 Å². The third-order valence-corrected chi connectivity index (χ3v) is 1.72. The summed E-state index contributed by atoms with van der Waals surface area (Å²) in [5.74, 6) is 0. The van der Waals surface area contributed by atoms with Crippen molar-refractivity contribution in [1.82, 2.24) is 5.32 Å². The molecule has 0 saturated heterocycles. The zero-order valence-electron chi connectivity index (χ0n) is 5.44. The van der Waals surface area contributed by atoms with Crippen molar-refractivity contribution in [3.63, 3.8) is 0 Å². The first-order chi connectivity index (χ1) is 3.77. The highest BCUT2D eigenvalue weighted by Crippen LogP contribution is 2.11. The standard InChI is InChI=1S/C6H12N2/c1-3-6(2)4-7-5-8-6/h5H,3-4H2,1-2H3,(H,7,8). The Morgan fingerprint density at radius 1 is 1.88 bits per heavy atom. The molecule has 1 heterocycles. The maximum Gasteiger partial charge on any atom is 0.0829 e. The van der Waals surface area contributed by atoms with Crippen LogP contribution < -0.4 is 5.32 Å². The summed E-state index contributed by atoms with van der Waals surface area (Å²) in [4.78, 5) is 4.07. The molecular weight excluding hydrogens is 100 g/mol. The third-order valence-electron chi connectivity index (χ3n) is 1.72. The van der Waals surface area contributed by atoms with Crippen LogP contribution in [0.1, 0.15) is 20.3 Å². The molecule has 8 heavy (non-hydrogen) atoms. The smallest absolute Gasteiger partial charge is 0.0829 e. The Labute approximate surface area is 50.0 Å². The lowest BCUT2D eigenvalue weighted by atomic mass is 10.0. The summed E-state index contributed by atoms with van der Waals surface area (Å²) in [6.07, 6.45) is 2.94. The lowest BCUT2D eigenvalue weighted by Gasteiger charge is -2.20. The second-order valence-electron chi connectivity index (χ2n) is 2.53. The summed E-state index contributed by atoms with van der Waals surface area (Å²) >= 11 is 0. The highest BCUT2D eigenvalue weighted by Gasteiger charge is 2.22. The Kier molecular flexibility index (Phi) is 1.24. The van der Waals surface area contributed by atoms with Crippen LogP contribution in [0.2, 0.25) is 0 Å². The Hall–Kier alpha value is -0.530. The van der Waals surface area contributed by atoms with Crippen molar-refractivity contribution in [1.29, 1.82) is 0 Å². The van der Waals surface area contributed by atoms with Crippen molar-refractivity contribution in [2.45, 2.75) is 25.8 Å². The molecule has 0 radical (unpaired) electrons. The Morgan fingerprint density at radius 3 is 2.88 bits per heavy atom. The molecular formula is C6H12N2. The molecule has 0 spiro atoms. The minimum absolute atomic E-state index is 0.264. The molecule has 1 aliphatic heterocycles. The van der Waals surface area contributed by atoms with Crippen LogP contribution >= 0.6 is 0 Å². The Bertz CT molecular complexity index is 99.1. The van der Waals surface area contributed by atoms with E-state index in [1.807, 2.05) is 0 Å². The highest BCUT2D eigenvalue weighted by atomic mass is 15.1. The van der Waals surface area contributed by atoms with Crippen molar-refractivity contribution in [3.8, 4) is 0 Å². The van der Waals surface area contributed by atoms with Gasteiger partial charge < -0.3 is 5.32 Å². The van der Waals surface area contributed by atoms with E-state index in [1.165, 1.54) is 0 Å². The van der Waals surface area contributed by atoms with Gasteiger partial charge in [0.05, 0.1) is 18.4 Å². The molecule has 0 bridgehead atoms. The van der Waals surface area contributed by atoms with Gasteiger partial charge in [-0.05, 0) is 13.3 Å². The Balaban J connectivity index is 2.46. The minimum Gasteiger partial charge on any atom is -0.369 e. The molecule has 1 unspecified atom stereocenters. The number of aliphatic imine (C=N–C) groups is 1. The third kappa shape index (κ3) is 0.831. The maximum absolute atomic E-state index is 4.07. The number of hydrogen-bond acceptors (Lipinski definition) is 2. The van der Waals surface area contributed by atoms with E-state index in [0.29, 0.717) is 0 Å². The quantitative estimate of drug-likeness (QED) is 0.532. The fourth-order valence-electron chi connectivity index (χ4n) is 0.708. The van der Waals surface area contributed by atoms with E-state index in [1.54, 1.807) is 6.34 Å². The highest BCUT2D eigenvalue weighted by molar-refractivity contribution is 5.58. The van der Waals surface area contributed by atoms with E-state index in [0.717, 1.165) is 13.0 Å². The number of nitrogens with zero attached hydrogens (tertiary/aromatic N) is 1. The SMILES string of the molecule is CCC1(C)CN=CN1. The zero-order valence-corrected chi connectivity index (χ0v) is 5.44. The first kappa shape index (κ1) is 5.60. The lowest BCUT2D eigenvalue weighted by Crippen LogP contribution is -2.38. The zero-order chi connectivity index (χ0) is 6.04. The minimum atomic E-state index is 0.264. The van der Waals surface area contributed by atoms with Gasteiger partial charge in [0.15, 0.2) is 0 Å². The van der Waals surface area contributed by atoms with Crippen LogP contribution in [-0.4, -0.2) is 18.4 Å². The monoisotopic (exact) mass is 112 g/mol. The van der Waals surface area contributed by atoms with Crippen LogP contribution in [0.15, 0.2) is 4.99 Å². The number of hydrogen-bond donors (Lipinski definition) is 1. The van der Waals surface area contributed by atoms with Gasteiger partial charge in [0.25, 0.3) is 0 Å². The van der Waals surface area contributed by atoms with Crippen LogP contribution in [0, 0.1) is 0 Å². The number of rotatable bonds is 1. The fourth-order valence-corrected chi connectivity index (χ4v) is 0.708. The summed E-state index contributed by atoms with van der Waals surface area (Å²) in [6.45, 7) is 5.28. The molecule has 0 fully saturated rings. The second kappa shape index (κ2) is 1.77. The van der Waals surface area contributed by atoms with Crippen LogP contribution in [0.3, 0.4) is 0 Å². The van der Waals surface area contributed by atoms with E-state index in [4.69, 9.17) is 0 Å².